The summed E-state index contributed by atoms with van der Waals surface area (Å²) in [6.07, 6.45) is 5.52. The van der Waals surface area contributed by atoms with Crippen LogP contribution in [0.15, 0.2) is 24.4 Å². The first-order valence-electron chi connectivity index (χ1n) is 11.0. The Hall–Kier alpha value is -3.00. The van der Waals surface area contributed by atoms with Gasteiger partial charge in [0.05, 0.1) is 11.9 Å². The number of benzene rings is 1. The van der Waals surface area contributed by atoms with Crippen LogP contribution in [0.2, 0.25) is 0 Å². The van der Waals surface area contributed by atoms with Crippen LogP contribution >= 0.6 is 0 Å². The van der Waals surface area contributed by atoms with Crippen molar-refractivity contribution in [2.24, 2.45) is 5.92 Å². The summed E-state index contributed by atoms with van der Waals surface area (Å²) in [7, 11) is 0. The van der Waals surface area contributed by atoms with E-state index in [0.717, 1.165) is 29.5 Å². The van der Waals surface area contributed by atoms with Gasteiger partial charge in [-0.25, -0.2) is 9.97 Å². The molecule has 1 saturated heterocycles. The van der Waals surface area contributed by atoms with Gasteiger partial charge in [0.15, 0.2) is 11.5 Å². The molecule has 162 valence electrons. The van der Waals surface area contributed by atoms with E-state index in [4.69, 9.17) is 10.5 Å². The Kier molecular flexibility index (Phi) is 5.09. The largest absolute Gasteiger partial charge is 0.382 e. The van der Waals surface area contributed by atoms with Gasteiger partial charge in [-0.2, -0.15) is 0 Å². The number of nitrogens with zero attached hydrogens (tertiary/aromatic N) is 3. The molecule has 31 heavy (non-hydrogen) atoms. The standard InChI is InChI=1S/C23H27N5O3/c1-13(14-2-3-14)28-12-16-10-15(4-5-18(16)23(28)30)19-11-25-21(24)20(27-19)22(29)26-17-6-8-31-9-7-17/h4-5,10-11,13-14,17H,2-3,6-9,12H2,1H3,(H2,24,25)(H,26,29)/t13-/m0/s1. The van der Waals surface area contributed by atoms with Crippen LogP contribution in [0.3, 0.4) is 0 Å². The second-order valence-corrected chi connectivity index (χ2v) is 8.73. The number of carbonyl (C=O) groups excluding carboxylic acids is 2. The molecular weight excluding hydrogens is 394 g/mol. The molecule has 1 saturated carbocycles. The summed E-state index contributed by atoms with van der Waals surface area (Å²) < 4.78 is 5.34. The molecule has 0 radical (unpaired) electrons. The fourth-order valence-corrected chi connectivity index (χ4v) is 4.46. The summed E-state index contributed by atoms with van der Waals surface area (Å²) in [5.74, 6) is 0.506. The van der Waals surface area contributed by atoms with Crippen molar-refractivity contribution in [2.45, 2.75) is 51.2 Å². The third kappa shape index (κ3) is 3.87. The van der Waals surface area contributed by atoms with Crippen LogP contribution in [0.25, 0.3) is 11.3 Å². The normalized spacial score (nSPS) is 19.9. The number of amides is 2. The van der Waals surface area contributed by atoms with Crippen molar-refractivity contribution in [3.05, 3.63) is 41.2 Å². The number of nitrogens with two attached hydrogens (primary N) is 1. The Bertz CT molecular complexity index is 1030. The minimum Gasteiger partial charge on any atom is -0.382 e. The van der Waals surface area contributed by atoms with Crippen LogP contribution in [0.4, 0.5) is 5.82 Å². The Morgan fingerprint density at radius 2 is 2.03 bits per heavy atom. The van der Waals surface area contributed by atoms with E-state index in [2.05, 4.69) is 22.2 Å². The summed E-state index contributed by atoms with van der Waals surface area (Å²) in [5.41, 5.74) is 9.21. The average molecular weight is 422 g/mol. The van der Waals surface area contributed by atoms with Crippen LogP contribution in [-0.2, 0) is 11.3 Å². The second kappa shape index (κ2) is 7.92. The lowest BCUT2D eigenvalue weighted by Crippen LogP contribution is -2.39. The van der Waals surface area contributed by atoms with Gasteiger partial charge < -0.3 is 20.7 Å². The van der Waals surface area contributed by atoms with E-state index in [1.54, 1.807) is 6.20 Å². The number of ether oxygens (including phenoxy) is 1. The molecule has 0 unspecified atom stereocenters. The van der Waals surface area contributed by atoms with Gasteiger partial charge in [0, 0.05) is 43.0 Å². The summed E-state index contributed by atoms with van der Waals surface area (Å²) in [6, 6.07) is 6.01. The zero-order chi connectivity index (χ0) is 21.5. The average Bonchev–Trinajstić information content (AvgIpc) is 3.58. The van der Waals surface area contributed by atoms with Crippen LogP contribution in [0.1, 0.15) is 59.0 Å². The fourth-order valence-electron chi connectivity index (χ4n) is 4.46. The third-order valence-electron chi connectivity index (χ3n) is 6.60. The van der Waals surface area contributed by atoms with Crippen molar-refractivity contribution in [3.8, 4) is 11.3 Å². The molecule has 2 amide bonds. The van der Waals surface area contributed by atoms with Crippen molar-refractivity contribution in [2.75, 3.05) is 18.9 Å². The van der Waals surface area contributed by atoms with Crippen LogP contribution in [0.5, 0.6) is 0 Å². The number of rotatable bonds is 5. The number of aromatic nitrogens is 2. The van der Waals surface area contributed by atoms with Crippen molar-refractivity contribution in [3.63, 3.8) is 0 Å². The first-order valence-corrected chi connectivity index (χ1v) is 11.0. The quantitative estimate of drug-likeness (QED) is 0.767. The van der Waals surface area contributed by atoms with E-state index in [1.165, 1.54) is 12.8 Å². The first-order chi connectivity index (χ1) is 15.0. The zero-order valence-electron chi connectivity index (χ0n) is 17.6. The SMILES string of the molecule is C[C@@H](C1CC1)N1Cc2cc(-c3cnc(N)c(C(=O)NC4CCOCC4)n3)ccc2C1=O. The van der Waals surface area contributed by atoms with Crippen LogP contribution in [0, 0.1) is 5.92 Å². The molecular formula is C23H27N5O3. The number of anilines is 1. The van der Waals surface area contributed by atoms with E-state index in [9.17, 15) is 9.59 Å². The predicted octanol–water partition coefficient (Wildman–Crippen LogP) is 2.39. The topological polar surface area (TPSA) is 110 Å². The van der Waals surface area contributed by atoms with Crippen molar-refractivity contribution in [1.82, 2.24) is 20.2 Å². The minimum atomic E-state index is -0.320. The number of hydrogen-bond acceptors (Lipinski definition) is 6. The molecule has 8 nitrogen and oxygen atoms in total. The van der Waals surface area contributed by atoms with Crippen LogP contribution < -0.4 is 11.1 Å². The Balaban J connectivity index is 1.37. The summed E-state index contributed by atoms with van der Waals surface area (Å²) in [5, 5.41) is 2.98. The van der Waals surface area contributed by atoms with Crippen LogP contribution in [-0.4, -0.2) is 52.0 Å². The monoisotopic (exact) mass is 421 g/mol. The molecule has 1 aromatic carbocycles. The molecule has 3 heterocycles. The molecule has 8 heteroatoms. The van der Waals surface area contributed by atoms with Gasteiger partial charge in [0.25, 0.3) is 11.8 Å². The fraction of sp³-hybridized carbons (Fsp3) is 0.478. The van der Waals surface area contributed by atoms with E-state index in [-0.39, 0.29) is 35.4 Å². The van der Waals surface area contributed by atoms with Crippen molar-refractivity contribution in [1.29, 1.82) is 0 Å². The second-order valence-electron chi connectivity index (χ2n) is 8.73. The minimum absolute atomic E-state index is 0.0524. The van der Waals surface area contributed by atoms with E-state index >= 15 is 0 Å². The van der Waals surface area contributed by atoms with Gasteiger partial charge in [-0.15, -0.1) is 0 Å². The molecule has 3 aliphatic rings. The lowest BCUT2D eigenvalue weighted by molar-refractivity contribution is 0.0688. The molecule has 0 bridgehead atoms. The summed E-state index contributed by atoms with van der Waals surface area (Å²) in [4.78, 5) is 36.3. The Morgan fingerprint density at radius 3 is 2.77 bits per heavy atom. The van der Waals surface area contributed by atoms with Gasteiger partial charge in [0.1, 0.15) is 0 Å². The first kappa shape index (κ1) is 19.9. The number of fused-ring (bicyclic) bond motifs is 1. The molecule has 3 N–H and O–H groups in total. The lowest BCUT2D eigenvalue weighted by atomic mass is 10.0. The van der Waals surface area contributed by atoms with Gasteiger partial charge in [-0.05, 0) is 56.2 Å². The van der Waals surface area contributed by atoms with Gasteiger partial charge in [0.2, 0.25) is 0 Å². The number of hydrogen-bond donors (Lipinski definition) is 2. The predicted molar refractivity (Wildman–Crippen MR) is 115 cm³/mol. The molecule has 2 aromatic rings. The molecule has 1 atom stereocenters. The third-order valence-corrected chi connectivity index (χ3v) is 6.60. The summed E-state index contributed by atoms with van der Waals surface area (Å²) >= 11 is 0. The molecule has 5 rings (SSSR count). The van der Waals surface area contributed by atoms with Crippen molar-refractivity contribution < 1.29 is 14.3 Å². The highest BCUT2D eigenvalue weighted by atomic mass is 16.5. The van der Waals surface area contributed by atoms with E-state index < -0.39 is 0 Å². The highest BCUT2D eigenvalue weighted by molar-refractivity contribution is 5.99. The maximum Gasteiger partial charge on any atom is 0.273 e. The Labute approximate surface area is 181 Å². The van der Waals surface area contributed by atoms with Gasteiger partial charge in [-0.3, -0.25) is 9.59 Å². The molecule has 2 fully saturated rings. The number of carbonyl (C=O) groups is 2. The number of nitrogen functional groups attached to an aromatic ring is 1. The highest BCUT2D eigenvalue weighted by Crippen LogP contribution is 2.38. The van der Waals surface area contributed by atoms with Gasteiger partial charge >= 0.3 is 0 Å². The van der Waals surface area contributed by atoms with Gasteiger partial charge in [-0.1, -0.05) is 6.07 Å². The molecule has 2 aliphatic heterocycles. The molecule has 0 spiro atoms. The van der Waals surface area contributed by atoms with E-state index in [0.29, 0.717) is 31.4 Å². The highest BCUT2D eigenvalue weighted by Gasteiger charge is 2.38. The Morgan fingerprint density at radius 1 is 1.26 bits per heavy atom. The molecule has 1 aliphatic carbocycles. The lowest BCUT2D eigenvalue weighted by Gasteiger charge is -2.23. The van der Waals surface area contributed by atoms with Crippen molar-refractivity contribution >= 4 is 17.6 Å². The summed E-state index contributed by atoms with van der Waals surface area (Å²) in [6.45, 7) is 4.02. The molecule has 1 aromatic heterocycles. The maximum absolute atomic E-state index is 12.8. The maximum atomic E-state index is 12.8. The number of nitrogens with one attached hydrogen (secondary N) is 1. The zero-order valence-corrected chi connectivity index (χ0v) is 17.6. The van der Waals surface area contributed by atoms with E-state index in [1.807, 2.05) is 23.1 Å². The smallest absolute Gasteiger partial charge is 0.273 e.